The summed E-state index contributed by atoms with van der Waals surface area (Å²) in [6.07, 6.45) is 1.48. The maximum absolute atomic E-state index is 11.5. The number of likely N-dealkylation sites (N-methyl/N-ethyl adjacent to an activating group) is 1. The fourth-order valence-electron chi connectivity index (χ4n) is 2.58. The van der Waals surface area contributed by atoms with Gasteiger partial charge in [-0.2, -0.15) is 0 Å². The minimum Gasteiger partial charge on any atom is -0.466 e. The Bertz CT molecular complexity index is 248. The van der Waals surface area contributed by atoms with Crippen LogP contribution in [0.2, 0.25) is 0 Å². The number of nitrogens with zero attached hydrogens (tertiary/aromatic N) is 1. The summed E-state index contributed by atoms with van der Waals surface area (Å²) in [5, 5.41) is 12.2. The first kappa shape index (κ1) is 15.4. The molecular formula is C13H26N2O3. The summed E-state index contributed by atoms with van der Waals surface area (Å²) >= 11 is 0. The van der Waals surface area contributed by atoms with Crippen LogP contribution in [0.5, 0.6) is 0 Å². The first-order valence-corrected chi connectivity index (χ1v) is 6.91. The average molecular weight is 258 g/mol. The zero-order valence-corrected chi connectivity index (χ0v) is 11.5. The Balaban J connectivity index is 2.43. The van der Waals surface area contributed by atoms with Gasteiger partial charge in [0.15, 0.2) is 0 Å². The number of aliphatic hydroxyl groups excluding tert-OH is 1. The van der Waals surface area contributed by atoms with Crippen molar-refractivity contribution in [1.29, 1.82) is 0 Å². The lowest BCUT2D eigenvalue weighted by molar-refractivity contribution is -0.144. The lowest BCUT2D eigenvalue weighted by Gasteiger charge is -2.37. The van der Waals surface area contributed by atoms with Gasteiger partial charge in [0, 0.05) is 32.1 Å². The third-order valence-corrected chi connectivity index (χ3v) is 3.37. The van der Waals surface area contributed by atoms with Crippen LogP contribution in [0.1, 0.15) is 26.7 Å². The molecule has 1 rings (SSSR count). The van der Waals surface area contributed by atoms with Crippen LogP contribution in [0.25, 0.3) is 0 Å². The number of piperidine rings is 1. The molecule has 2 unspecified atom stereocenters. The van der Waals surface area contributed by atoms with Crippen molar-refractivity contribution in [2.24, 2.45) is 5.92 Å². The minimum absolute atomic E-state index is 0.0960. The van der Waals surface area contributed by atoms with E-state index in [4.69, 9.17) is 9.84 Å². The Morgan fingerprint density at radius 3 is 2.83 bits per heavy atom. The summed E-state index contributed by atoms with van der Waals surface area (Å²) in [6, 6.07) is 0.366. The molecule has 1 aliphatic rings. The van der Waals surface area contributed by atoms with Crippen molar-refractivity contribution in [3.63, 3.8) is 0 Å². The van der Waals surface area contributed by atoms with E-state index in [2.05, 4.69) is 17.1 Å². The third kappa shape index (κ3) is 5.33. The second-order valence-corrected chi connectivity index (χ2v) is 4.84. The highest BCUT2D eigenvalue weighted by Gasteiger charge is 2.27. The van der Waals surface area contributed by atoms with Gasteiger partial charge in [0.25, 0.3) is 0 Å². The molecule has 0 bridgehead atoms. The summed E-state index contributed by atoms with van der Waals surface area (Å²) in [5.41, 5.74) is 0. The minimum atomic E-state index is -0.0960. The van der Waals surface area contributed by atoms with Crippen molar-refractivity contribution in [2.75, 3.05) is 39.4 Å². The van der Waals surface area contributed by atoms with Crippen molar-refractivity contribution >= 4 is 5.97 Å². The molecule has 1 fully saturated rings. The number of likely N-dealkylation sites (tertiary alicyclic amines) is 1. The molecule has 0 aromatic carbocycles. The fraction of sp³-hybridized carbons (Fsp3) is 0.923. The van der Waals surface area contributed by atoms with E-state index in [1.165, 1.54) is 0 Å². The van der Waals surface area contributed by atoms with E-state index >= 15 is 0 Å². The van der Waals surface area contributed by atoms with Gasteiger partial charge in [0.05, 0.1) is 13.2 Å². The van der Waals surface area contributed by atoms with Crippen LogP contribution in [-0.2, 0) is 9.53 Å². The number of esters is 1. The van der Waals surface area contributed by atoms with Crippen LogP contribution in [0.4, 0.5) is 0 Å². The highest BCUT2D eigenvalue weighted by atomic mass is 16.5. The van der Waals surface area contributed by atoms with Gasteiger partial charge in [-0.05, 0) is 25.8 Å². The van der Waals surface area contributed by atoms with Crippen molar-refractivity contribution < 1.29 is 14.6 Å². The Morgan fingerprint density at radius 2 is 2.22 bits per heavy atom. The van der Waals surface area contributed by atoms with Crippen LogP contribution in [-0.4, -0.2) is 61.4 Å². The second kappa shape index (κ2) is 8.45. The summed E-state index contributed by atoms with van der Waals surface area (Å²) in [4.78, 5) is 13.9. The number of hydrogen-bond acceptors (Lipinski definition) is 5. The van der Waals surface area contributed by atoms with E-state index in [1.54, 1.807) is 0 Å². The lowest BCUT2D eigenvalue weighted by atomic mass is 9.91. The SMILES string of the molecule is CCOC(=O)CC1CC(NCCO)CN(CC)C1. The van der Waals surface area contributed by atoms with Gasteiger partial charge in [0.2, 0.25) is 0 Å². The number of carbonyl (C=O) groups excluding carboxylic acids is 1. The molecule has 0 aromatic heterocycles. The van der Waals surface area contributed by atoms with Crippen molar-refractivity contribution in [1.82, 2.24) is 10.2 Å². The first-order valence-electron chi connectivity index (χ1n) is 6.91. The maximum Gasteiger partial charge on any atom is 0.306 e. The maximum atomic E-state index is 11.5. The van der Waals surface area contributed by atoms with Crippen LogP contribution >= 0.6 is 0 Å². The number of nitrogens with one attached hydrogen (secondary N) is 1. The van der Waals surface area contributed by atoms with Gasteiger partial charge < -0.3 is 20.1 Å². The molecule has 0 radical (unpaired) electrons. The third-order valence-electron chi connectivity index (χ3n) is 3.37. The summed E-state index contributed by atoms with van der Waals surface area (Å²) in [5.74, 6) is 0.260. The summed E-state index contributed by atoms with van der Waals surface area (Å²) in [6.45, 7) is 8.16. The van der Waals surface area contributed by atoms with Crippen LogP contribution < -0.4 is 5.32 Å². The van der Waals surface area contributed by atoms with Crippen LogP contribution in [0.15, 0.2) is 0 Å². The number of aliphatic hydroxyl groups is 1. The normalized spacial score (nSPS) is 25.1. The lowest BCUT2D eigenvalue weighted by Crippen LogP contribution is -2.50. The van der Waals surface area contributed by atoms with Gasteiger partial charge in [-0.25, -0.2) is 0 Å². The topological polar surface area (TPSA) is 61.8 Å². The van der Waals surface area contributed by atoms with Gasteiger partial charge in [-0.15, -0.1) is 0 Å². The van der Waals surface area contributed by atoms with Crippen LogP contribution in [0, 0.1) is 5.92 Å². The number of rotatable bonds is 7. The number of ether oxygens (including phenoxy) is 1. The van der Waals surface area contributed by atoms with E-state index < -0.39 is 0 Å². The Hall–Kier alpha value is -0.650. The fourth-order valence-corrected chi connectivity index (χ4v) is 2.58. The van der Waals surface area contributed by atoms with E-state index in [-0.39, 0.29) is 12.6 Å². The molecule has 0 spiro atoms. The molecule has 1 heterocycles. The van der Waals surface area contributed by atoms with Crippen molar-refractivity contribution in [3.05, 3.63) is 0 Å². The molecule has 2 atom stereocenters. The van der Waals surface area contributed by atoms with Gasteiger partial charge in [0.1, 0.15) is 0 Å². The van der Waals surface area contributed by atoms with E-state index in [1.807, 2.05) is 6.92 Å². The zero-order valence-electron chi connectivity index (χ0n) is 11.5. The highest BCUT2D eigenvalue weighted by molar-refractivity contribution is 5.69. The second-order valence-electron chi connectivity index (χ2n) is 4.84. The largest absolute Gasteiger partial charge is 0.466 e. The predicted molar refractivity (Wildman–Crippen MR) is 70.3 cm³/mol. The molecule has 106 valence electrons. The molecule has 18 heavy (non-hydrogen) atoms. The monoisotopic (exact) mass is 258 g/mol. The van der Waals surface area contributed by atoms with E-state index in [0.29, 0.717) is 31.5 Å². The van der Waals surface area contributed by atoms with Gasteiger partial charge >= 0.3 is 5.97 Å². The van der Waals surface area contributed by atoms with Crippen molar-refractivity contribution in [3.8, 4) is 0 Å². The molecule has 0 aromatic rings. The predicted octanol–water partition coefficient (Wildman–Crippen LogP) is 0.232. The number of hydrogen-bond donors (Lipinski definition) is 2. The summed E-state index contributed by atoms with van der Waals surface area (Å²) < 4.78 is 5.01. The van der Waals surface area contributed by atoms with Gasteiger partial charge in [-0.3, -0.25) is 4.79 Å². The molecule has 0 saturated carbocycles. The Kier molecular flexibility index (Phi) is 7.23. The molecule has 2 N–H and O–H groups in total. The van der Waals surface area contributed by atoms with Crippen LogP contribution in [0.3, 0.4) is 0 Å². The molecule has 1 aliphatic heterocycles. The standard InChI is InChI=1S/C13H26N2O3/c1-3-15-9-11(8-13(17)18-4-2)7-12(10-15)14-5-6-16/h11-12,14,16H,3-10H2,1-2H3. The van der Waals surface area contributed by atoms with E-state index in [0.717, 1.165) is 26.1 Å². The Morgan fingerprint density at radius 1 is 1.44 bits per heavy atom. The zero-order chi connectivity index (χ0) is 13.4. The van der Waals surface area contributed by atoms with Gasteiger partial charge in [-0.1, -0.05) is 6.92 Å². The Labute approximate surface area is 109 Å². The van der Waals surface area contributed by atoms with E-state index in [9.17, 15) is 4.79 Å². The molecular weight excluding hydrogens is 232 g/mol. The first-order chi connectivity index (χ1) is 8.69. The number of carbonyl (C=O) groups is 1. The smallest absolute Gasteiger partial charge is 0.306 e. The highest BCUT2D eigenvalue weighted by Crippen LogP contribution is 2.20. The molecule has 0 aliphatic carbocycles. The molecule has 0 amide bonds. The quantitative estimate of drug-likeness (QED) is 0.640. The molecule has 5 nitrogen and oxygen atoms in total. The summed E-state index contributed by atoms with van der Waals surface area (Å²) in [7, 11) is 0. The van der Waals surface area contributed by atoms with Crippen molar-refractivity contribution in [2.45, 2.75) is 32.7 Å². The molecule has 1 saturated heterocycles. The average Bonchev–Trinajstić information content (AvgIpc) is 2.36. The molecule has 5 heteroatoms.